The zero-order chi connectivity index (χ0) is 18.5. The lowest BCUT2D eigenvalue weighted by Gasteiger charge is -2.18. The largest absolute Gasteiger partial charge is 0.484 e. The number of hydrogen-bond acceptors (Lipinski definition) is 3. The van der Waals surface area contributed by atoms with E-state index in [9.17, 15) is 9.59 Å². The fourth-order valence-electron chi connectivity index (χ4n) is 3.01. The first-order valence-corrected chi connectivity index (χ1v) is 8.65. The SMILES string of the molecule is CNC(=O)COc1ccc(CNC(=O)N2CC(C)c3ccccc32)cc1. The molecule has 1 heterocycles. The van der Waals surface area contributed by atoms with Crippen LogP contribution in [0.5, 0.6) is 5.75 Å². The summed E-state index contributed by atoms with van der Waals surface area (Å²) in [5.74, 6) is 0.779. The molecule has 6 heteroatoms. The average Bonchev–Trinajstić information content (AvgIpc) is 3.02. The van der Waals surface area contributed by atoms with Crippen LogP contribution in [0.1, 0.15) is 24.0 Å². The first-order valence-electron chi connectivity index (χ1n) is 8.65. The molecule has 0 bridgehead atoms. The highest BCUT2D eigenvalue weighted by Crippen LogP contribution is 2.35. The molecule has 3 rings (SSSR count). The molecule has 136 valence electrons. The van der Waals surface area contributed by atoms with E-state index >= 15 is 0 Å². The first-order chi connectivity index (χ1) is 12.6. The van der Waals surface area contributed by atoms with Gasteiger partial charge in [0.25, 0.3) is 5.91 Å². The first kappa shape index (κ1) is 17.8. The molecule has 6 nitrogen and oxygen atoms in total. The van der Waals surface area contributed by atoms with E-state index in [0.717, 1.165) is 11.3 Å². The van der Waals surface area contributed by atoms with Crippen LogP contribution in [-0.2, 0) is 11.3 Å². The Morgan fingerprint density at radius 1 is 1.15 bits per heavy atom. The summed E-state index contributed by atoms with van der Waals surface area (Å²) in [4.78, 5) is 25.5. The Labute approximate surface area is 153 Å². The fraction of sp³-hybridized carbons (Fsp3) is 0.300. The lowest BCUT2D eigenvalue weighted by atomic mass is 10.0. The van der Waals surface area contributed by atoms with Gasteiger partial charge in [-0.15, -0.1) is 0 Å². The third-order valence-corrected chi connectivity index (χ3v) is 4.48. The summed E-state index contributed by atoms with van der Waals surface area (Å²) in [6.45, 7) is 3.24. The summed E-state index contributed by atoms with van der Waals surface area (Å²) in [6.07, 6.45) is 0. The molecule has 0 radical (unpaired) electrons. The van der Waals surface area contributed by atoms with Crippen molar-refractivity contribution in [2.45, 2.75) is 19.4 Å². The Morgan fingerprint density at radius 3 is 2.62 bits per heavy atom. The van der Waals surface area contributed by atoms with E-state index in [1.165, 1.54) is 5.56 Å². The number of urea groups is 1. The minimum Gasteiger partial charge on any atom is -0.484 e. The van der Waals surface area contributed by atoms with Crippen molar-refractivity contribution in [3.63, 3.8) is 0 Å². The van der Waals surface area contributed by atoms with E-state index < -0.39 is 0 Å². The van der Waals surface area contributed by atoms with Crippen LogP contribution in [-0.4, -0.2) is 32.1 Å². The maximum absolute atomic E-state index is 12.6. The van der Waals surface area contributed by atoms with Gasteiger partial charge in [-0.3, -0.25) is 9.69 Å². The molecular weight excluding hydrogens is 330 g/mol. The van der Waals surface area contributed by atoms with Crippen molar-refractivity contribution in [3.05, 3.63) is 59.7 Å². The predicted octanol–water partition coefficient (Wildman–Crippen LogP) is 2.64. The van der Waals surface area contributed by atoms with Crippen molar-refractivity contribution in [2.75, 3.05) is 25.1 Å². The molecule has 2 aromatic carbocycles. The second kappa shape index (κ2) is 7.91. The Bertz CT molecular complexity index is 789. The van der Waals surface area contributed by atoms with Crippen LogP contribution in [0.4, 0.5) is 10.5 Å². The van der Waals surface area contributed by atoms with E-state index in [2.05, 4.69) is 23.6 Å². The minimum absolute atomic E-state index is 0.0147. The number of carbonyl (C=O) groups excluding carboxylic acids is 2. The second-order valence-electron chi connectivity index (χ2n) is 6.33. The molecule has 0 fully saturated rings. The second-order valence-corrected chi connectivity index (χ2v) is 6.33. The van der Waals surface area contributed by atoms with Gasteiger partial charge in [-0.05, 0) is 29.3 Å². The van der Waals surface area contributed by atoms with Crippen LogP contribution in [0.15, 0.2) is 48.5 Å². The number of para-hydroxylation sites is 1. The lowest BCUT2D eigenvalue weighted by Crippen LogP contribution is -2.38. The number of fused-ring (bicyclic) bond motifs is 1. The number of rotatable bonds is 5. The van der Waals surface area contributed by atoms with Crippen LogP contribution in [0.25, 0.3) is 0 Å². The molecule has 0 saturated carbocycles. The van der Waals surface area contributed by atoms with Crippen molar-refractivity contribution in [1.82, 2.24) is 10.6 Å². The number of nitrogens with zero attached hydrogens (tertiary/aromatic N) is 1. The van der Waals surface area contributed by atoms with Gasteiger partial charge in [0.15, 0.2) is 6.61 Å². The van der Waals surface area contributed by atoms with Gasteiger partial charge < -0.3 is 15.4 Å². The third-order valence-electron chi connectivity index (χ3n) is 4.48. The monoisotopic (exact) mass is 353 g/mol. The van der Waals surface area contributed by atoms with Gasteiger partial charge in [0.1, 0.15) is 5.75 Å². The maximum Gasteiger partial charge on any atom is 0.322 e. The Balaban J connectivity index is 1.54. The van der Waals surface area contributed by atoms with Crippen molar-refractivity contribution in [3.8, 4) is 5.75 Å². The van der Waals surface area contributed by atoms with E-state index in [-0.39, 0.29) is 18.5 Å². The topological polar surface area (TPSA) is 70.7 Å². The molecule has 26 heavy (non-hydrogen) atoms. The molecular formula is C20H23N3O3. The summed E-state index contributed by atoms with van der Waals surface area (Å²) >= 11 is 0. The molecule has 0 saturated heterocycles. The van der Waals surface area contributed by atoms with Crippen molar-refractivity contribution >= 4 is 17.6 Å². The van der Waals surface area contributed by atoms with Gasteiger partial charge in [0, 0.05) is 31.7 Å². The Kier molecular flexibility index (Phi) is 5.41. The number of ether oxygens (including phenoxy) is 1. The van der Waals surface area contributed by atoms with Gasteiger partial charge in [-0.2, -0.15) is 0 Å². The summed E-state index contributed by atoms with van der Waals surface area (Å²) in [5.41, 5.74) is 3.15. The van der Waals surface area contributed by atoms with Gasteiger partial charge >= 0.3 is 6.03 Å². The quantitative estimate of drug-likeness (QED) is 0.868. The summed E-state index contributed by atoms with van der Waals surface area (Å²) in [5, 5.41) is 5.46. The third kappa shape index (κ3) is 3.96. The van der Waals surface area contributed by atoms with E-state index in [0.29, 0.717) is 24.8 Å². The Hall–Kier alpha value is -3.02. The summed E-state index contributed by atoms with van der Waals surface area (Å²) in [7, 11) is 1.57. The van der Waals surface area contributed by atoms with Crippen molar-refractivity contribution in [1.29, 1.82) is 0 Å². The van der Waals surface area contributed by atoms with E-state index in [1.54, 1.807) is 24.1 Å². The number of hydrogen-bond donors (Lipinski definition) is 2. The van der Waals surface area contributed by atoms with Crippen LogP contribution < -0.4 is 20.3 Å². The summed E-state index contributed by atoms with van der Waals surface area (Å²) in [6, 6.07) is 15.2. The number of nitrogens with one attached hydrogen (secondary N) is 2. The van der Waals surface area contributed by atoms with Gasteiger partial charge in [0.2, 0.25) is 0 Å². The highest BCUT2D eigenvalue weighted by atomic mass is 16.5. The predicted molar refractivity (Wildman–Crippen MR) is 100 cm³/mol. The van der Waals surface area contributed by atoms with E-state index in [4.69, 9.17) is 4.74 Å². The Morgan fingerprint density at radius 2 is 1.88 bits per heavy atom. The highest BCUT2D eigenvalue weighted by molar-refractivity contribution is 5.94. The summed E-state index contributed by atoms with van der Waals surface area (Å²) < 4.78 is 5.36. The molecule has 1 aliphatic rings. The lowest BCUT2D eigenvalue weighted by molar-refractivity contribution is -0.122. The average molecular weight is 353 g/mol. The normalized spacial score (nSPS) is 15.3. The molecule has 0 spiro atoms. The number of amides is 3. The molecule has 1 aliphatic heterocycles. The standard InChI is InChI=1S/C20H23N3O3/c1-14-12-23(18-6-4-3-5-17(14)18)20(25)22-11-15-7-9-16(10-8-15)26-13-19(24)21-2/h3-10,14H,11-13H2,1-2H3,(H,21,24)(H,22,25). The molecule has 2 aromatic rings. The van der Waals surface area contributed by atoms with Crippen LogP contribution >= 0.6 is 0 Å². The maximum atomic E-state index is 12.6. The molecule has 2 N–H and O–H groups in total. The van der Waals surface area contributed by atoms with Crippen LogP contribution in [0.3, 0.4) is 0 Å². The number of likely N-dealkylation sites (N-methyl/N-ethyl adjacent to an activating group) is 1. The zero-order valence-corrected chi connectivity index (χ0v) is 15.0. The van der Waals surface area contributed by atoms with Crippen LogP contribution in [0, 0.1) is 0 Å². The fourth-order valence-corrected chi connectivity index (χ4v) is 3.01. The van der Waals surface area contributed by atoms with Gasteiger partial charge in [-0.25, -0.2) is 4.79 Å². The number of anilines is 1. The number of carbonyl (C=O) groups is 2. The van der Waals surface area contributed by atoms with Gasteiger partial charge in [0.05, 0.1) is 0 Å². The van der Waals surface area contributed by atoms with Crippen molar-refractivity contribution < 1.29 is 14.3 Å². The van der Waals surface area contributed by atoms with Crippen molar-refractivity contribution in [2.24, 2.45) is 0 Å². The van der Waals surface area contributed by atoms with E-state index in [1.807, 2.05) is 30.3 Å². The smallest absolute Gasteiger partial charge is 0.322 e. The zero-order valence-electron chi connectivity index (χ0n) is 15.0. The van der Waals surface area contributed by atoms with Crippen LogP contribution in [0.2, 0.25) is 0 Å². The molecule has 1 unspecified atom stereocenters. The minimum atomic E-state index is -0.179. The number of benzene rings is 2. The highest BCUT2D eigenvalue weighted by Gasteiger charge is 2.29. The molecule has 0 aromatic heterocycles. The van der Waals surface area contributed by atoms with Gasteiger partial charge in [-0.1, -0.05) is 37.3 Å². The molecule has 0 aliphatic carbocycles. The molecule has 1 atom stereocenters. The molecule has 3 amide bonds.